The van der Waals surface area contributed by atoms with Crippen molar-refractivity contribution in [3.63, 3.8) is 0 Å². The number of aliphatic carboxylic acids is 3. The third kappa shape index (κ3) is 21.1. The van der Waals surface area contributed by atoms with Gasteiger partial charge in [0.1, 0.15) is 0 Å². The van der Waals surface area contributed by atoms with Crippen molar-refractivity contribution in [1.82, 2.24) is 0 Å². The van der Waals surface area contributed by atoms with E-state index >= 15 is 0 Å². The van der Waals surface area contributed by atoms with E-state index in [-0.39, 0.29) is 0 Å². The van der Waals surface area contributed by atoms with Crippen LogP contribution in [-0.2, 0) is 39.1 Å². The summed E-state index contributed by atoms with van der Waals surface area (Å²) in [7, 11) is 0. The number of carbonyl (C=O) groups is 3. The van der Waals surface area contributed by atoms with Gasteiger partial charge in [0.05, 0.1) is 0 Å². The molecule has 1 rings (SSSR count). The summed E-state index contributed by atoms with van der Waals surface area (Å²) in [4.78, 5) is 29.7. The zero-order valence-corrected chi connectivity index (χ0v) is 21.2. The summed E-state index contributed by atoms with van der Waals surface area (Å²) in [6, 6.07) is 0. The van der Waals surface area contributed by atoms with Gasteiger partial charge in [0, 0.05) is 34.2 Å². The van der Waals surface area contributed by atoms with Gasteiger partial charge in [0.25, 0.3) is 0 Å². The van der Waals surface area contributed by atoms with E-state index in [0.29, 0.717) is 3.12 Å². The van der Waals surface area contributed by atoms with Crippen LogP contribution in [0.4, 0.5) is 0 Å². The summed E-state index contributed by atoms with van der Waals surface area (Å²) < 4.78 is 0.423. The molecule has 1 aliphatic carbocycles. The molecule has 0 fully saturated rings. The van der Waals surface area contributed by atoms with Gasteiger partial charge in [-0.25, -0.2) is 0 Å². The van der Waals surface area contributed by atoms with E-state index in [1.165, 1.54) is 0 Å². The molecule has 0 N–H and O–H groups in total. The molecule has 0 aromatic rings. The maximum absolute atomic E-state index is 9.91. The third-order valence-electron chi connectivity index (χ3n) is 2.83. The Balaban J connectivity index is -0.000000298. The standard InChI is InChI=1S/C6H7.3C5H10O2.Zr/c1-6-4-2-3-5-6;3*1-5(2,3)4(6)7;/h2-5H,1H3;3*1-3H3,(H,6,7);/q;;;;+3/p-3. The Labute approximate surface area is 185 Å². The molecule has 0 radical (unpaired) electrons. The number of hydrogen-bond donors (Lipinski definition) is 0. The fourth-order valence-electron chi connectivity index (χ4n) is 0.566. The van der Waals surface area contributed by atoms with Crippen molar-refractivity contribution in [2.24, 2.45) is 16.2 Å². The van der Waals surface area contributed by atoms with E-state index in [4.69, 9.17) is 0 Å². The monoisotopic (exact) mass is 472 g/mol. The Kier molecular flexibility index (Phi) is 13.9. The molecular formula is C21H34O6Zr. The van der Waals surface area contributed by atoms with Crippen LogP contribution in [0.5, 0.6) is 0 Å². The number of carboxylic acids is 3. The molecule has 28 heavy (non-hydrogen) atoms. The second-order valence-electron chi connectivity index (χ2n) is 9.61. The second kappa shape index (κ2) is 12.4. The summed E-state index contributed by atoms with van der Waals surface area (Å²) in [6.45, 7) is 16.6. The minimum atomic E-state index is -1.01. The van der Waals surface area contributed by atoms with Crippen LogP contribution in [0.15, 0.2) is 24.3 Å². The van der Waals surface area contributed by atoms with Gasteiger partial charge in [-0.3, -0.25) is 0 Å². The van der Waals surface area contributed by atoms with Gasteiger partial charge in [-0.05, 0) is 0 Å². The number of carboxylic acid groups (broad SMARTS) is 3. The molecule has 0 unspecified atom stereocenters. The number of hydrogen-bond acceptors (Lipinski definition) is 6. The van der Waals surface area contributed by atoms with Crippen LogP contribution >= 0.6 is 0 Å². The second-order valence-corrected chi connectivity index (χ2v) is 12.3. The zero-order valence-electron chi connectivity index (χ0n) is 18.8. The van der Waals surface area contributed by atoms with Gasteiger partial charge in [-0.1, -0.05) is 62.3 Å². The molecule has 0 aromatic carbocycles. The Morgan fingerprint density at radius 2 is 0.786 bits per heavy atom. The Hall–Kier alpha value is -1.23. The van der Waals surface area contributed by atoms with E-state index in [1.807, 2.05) is 0 Å². The Morgan fingerprint density at radius 3 is 0.821 bits per heavy atom. The number of carbonyl (C=O) groups excluding carboxylic acids is 3. The summed E-state index contributed by atoms with van der Waals surface area (Å²) in [5.74, 6) is -3.02. The van der Waals surface area contributed by atoms with Crippen LogP contribution < -0.4 is 15.3 Å². The molecule has 0 saturated carbocycles. The Morgan fingerprint density at radius 1 is 0.643 bits per heavy atom. The molecule has 0 saturated heterocycles. The van der Waals surface area contributed by atoms with Gasteiger partial charge in [0.15, 0.2) is 0 Å². The fourth-order valence-corrected chi connectivity index (χ4v) is 1.04. The van der Waals surface area contributed by atoms with E-state index in [1.54, 1.807) is 87.0 Å². The number of rotatable bonds is 0. The van der Waals surface area contributed by atoms with Crippen molar-refractivity contribution in [1.29, 1.82) is 0 Å². The van der Waals surface area contributed by atoms with Crippen molar-refractivity contribution in [3.05, 3.63) is 24.3 Å². The van der Waals surface area contributed by atoms with Crippen LogP contribution in [0.2, 0.25) is 3.12 Å². The first-order valence-corrected chi connectivity index (χ1v) is 10.0. The van der Waals surface area contributed by atoms with E-state index < -0.39 is 34.2 Å². The molecule has 0 heterocycles. The van der Waals surface area contributed by atoms with E-state index in [2.05, 4.69) is 31.2 Å². The minimum absolute atomic E-state index is 0.423. The van der Waals surface area contributed by atoms with Crippen molar-refractivity contribution in [2.45, 2.75) is 72.4 Å². The van der Waals surface area contributed by atoms with Crippen molar-refractivity contribution >= 4 is 17.9 Å². The third-order valence-corrected chi connectivity index (χ3v) is 3.65. The normalized spacial score (nSPS) is 14.4. The van der Waals surface area contributed by atoms with Crippen LogP contribution in [0.1, 0.15) is 69.2 Å². The molecule has 7 heteroatoms. The first-order valence-electron chi connectivity index (χ1n) is 8.80. The molecule has 0 aromatic heterocycles. The molecule has 0 bridgehead atoms. The average Bonchev–Trinajstić information content (AvgIpc) is 2.82. The van der Waals surface area contributed by atoms with Crippen molar-refractivity contribution in [3.8, 4) is 0 Å². The van der Waals surface area contributed by atoms with Crippen LogP contribution in [0.3, 0.4) is 0 Å². The predicted octanol–water partition coefficient (Wildman–Crippen LogP) is 1.19. The number of allylic oxidation sites excluding steroid dienone is 4. The summed E-state index contributed by atoms with van der Waals surface area (Å²) in [6.07, 6.45) is 8.67. The van der Waals surface area contributed by atoms with Crippen molar-refractivity contribution < 1.29 is 54.4 Å². The van der Waals surface area contributed by atoms with Gasteiger partial charge < -0.3 is 29.7 Å². The maximum atomic E-state index is 9.91. The summed E-state index contributed by atoms with van der Waals surface area (Å²) in [5, 5.41) is 29.7. The average molecular weight is 474 g/mol. The molecule has 0 spiro atoms. The quantitative estimate of drug-likeness (QED) is 0.521. The molecule has 6 nitrogen and oxygen atoms in total. The summed E-state index contributed by atoms with van der Waals surface area (Å²) in [5.41, 5.74) is -2.08. The van der Waals surface area contributed by atoms with Crippen molar-refractivity contribution in [2.75, 3.05) is 0 Å². The van der Waals surface area contributed by atoms with Gasteiger partial charge in [0.2, 0.25) is 0 Å². The molecule has 1 aliphatic rings. The van der Waals surface area contributed by atoms with Crippen LogP contribution in [0, 0.1) is 16.2 Å². The Bertz CT molecular complexity index is 496. The van der Waals surface area contributed by atoms with Gasteiger partial charge in [-0.2, -0.15) is 0 Å². The molecule has 0 atom stereocenters. The molecule has 0 amide bonds. The predicted molar refractivity (Wildman–Crippen MR) is 100 cm³/mol. The zero-order chi connectivity index (χ0) is 23.6. The van der Waals surface area contributed by atoms with Crippen LogP contribution in [0.25, 0.3) is 0 Å². The topological polar surface area (TPSA) is 120 Å². The van der Waals surface area contributed by atoms with Gasteiger partial charge >= 0.3 is 59.1 Å². The first kappa shape index (κ1) is 31.5. The first-order chi connectivity index (χ1) is 12.0. The summed E-state index contributed by atoms with van der Waals surface area (Å²) >= 11 is 1.57. The van der Waals surface area contributed by atoms with Gasteiger partial charge in [-0.15, -0.1) is 0 Å². The van der Waals surface area contributed by atoms with E-state index in [0.717, 1.165) is 0 Å². The van der Waals surface area contributed by atoms with Crippen LogP contribution in [-0.4, -0.2) is 17.9 Å². The van der Waals surface area contributed by atoms with E-state index in [9.17, 15) is 29.7 Å². The molecule has 158 valence electrons. The molecule has 0 aliphatic heterocycles. The fraction of sp³-hybridized carbons (Fsp3) is 0.667. The SMILES string of the molecule is CC(C)(C)C(=O)[O-].CC(C)(C)C(=O)[O-].CC(C)(C)C(=O)[O-].C[C]1([Zr+3])C=CC=C1. The molecular weight excluding hydrogens is 439 g/mol.